The van der Waals surface area contributed by atoms with Crippen molar-refractivity contribution >= 4 is 10.9 Å². The molecule has 1 aliphatic rings. The van der Waals surface area contributed by atoms with Crippen LogP contribution in [0.15, 0.2) is 30.3 Å². The van der Waals surface area contributed by atoms with Crippen LogP contribution in [0.2, 0.25) is 0 Å². The van der Waals surface area contributed by atoms with Gasteiger partial charge >= 0.3 is 0 Å². The van der Waals surface area contributed by atoms with E-state index in [9.17, 15) is 0 Å². The van der Waals surface area contributed by atoms with E-state index in [2.05, 4.69) is 57.1 Å². The van der Waals surface area contributed by atoms with Crippen LogP contribution in [0.1, 0.15) is 31.0 Å². The van der Waals surface area contributed by atoms with Crippen molar-refractivity contribution in [1.82, 2.24) is 19.7 Å². The second kappa shape index (κ2) is 3.95. The van der Waals surface area contributed by atoms with Gasteiger partial charge in [-0.25, -0.2) is 4.98 Å². The van der Waals surface area contributed by atoms with E-state index in [4.69, 9.17) is 0 Å². The second-order valence-electron chi connectivity index (χ2n) is 5.32. The van der Waals surface area contributed by atoms with Crippen LogP contribution in [-0.4, -0.2) is 19.7 Å². The molecule has 0 atom stereocenters. The number of hydrogen-bond donors (Lipinski definition) is 1. The summed E-state index contributed by atoms with van der Waals surface area (Å²) in [5, 5.41) is 8.72. The smallest absolute Gasteiger partial charge is 0.197 e. The van der Waals surface area contributed by atoms with E-state index >= 15 is 0 Å². The average molecular weight is 252 g/mol. The highest BCUT2D eigenvalue weighted by atomic mass is 15.2. The molecule has 96 valence electrons. The lowest BCUT2D eigenvalue weighted by Gasteiger charge is -2.22. The zero-order chi connectivity index (χ0) is 12.8. The van der Waals surface area contributed by atoms with Crippen LogP contribution < -0.4 is 0 Å². The van der Waals surface area contributed by atoms with Gasteiger partial charge in [-0.1, -0.05) is 24.6 Å². The first kappa shape index (κ1) is 10.8. The van der Waals surface area contributed by atoms with Crippen molar-refractivity contribution in [1.29, 1.82) is 0 Å². The largest absolute Gasteiger partial charge is 0.341 e. The molecule has 1 fully saturated rings. The summed E-state index contributed by atoms with van der Waals surface area (Å²) in [6, 6.07) is 10.5. The Balaban J connectivity index is 1.80. The number of benzene rings is 1. The summed E-state index contributed by atoms with van der Waals surface area (Å²) in [7, 11) is 2.07. The predicted octanol–water partition coefficient (Wildman–Crippen LogP) is 3.23. The van der Waals surface area contributed by atoms with Crippen LogP contribution in [0.3, 0.4) is 0 Å². The average Bonchev–Trinajstić information content (AvgIpc) is 2.94. The number of aromatic amines is 1. The maximum absolute atomic E-state index is 4.67. The highest BCUT2D eigenvalue weighted by molar-refractivity contribution is 5.85. The summed E-state index contributed by atoms with van der Waals surface area (Å²) in [6.07, 6.45) is 3.79. The third-order valence-electron chi connectivity index (χ3n) is 4.18. The summed E-state index contributed by atoms with van der Waals surface area (Å²) in [5.74, 6) is 2.45. The number of aromatic nitrogens is 4. The molecule has 0 bridgehead atoms. The van der Waals surface area contributed by atoms with Gasteiger partial charge < -0.3 is 4.57 Å². The van der Waals surface area contributed by atoms with Crippen LogP contribution in [0.5, 0.6) is 0 Å². The third-order valence-corrected chi connectivity index (χ3v) is 4.18. The summed E-state index contributed by atoms with van der Waals surface area (Å²) >= 11 is 0. The van der Waals surface area contributed by atoms with Crippen LogP contribution in [0.4, 0.5) is 0 Å². The molecule has 2 aromatic heterocycles. The minimum Gasteiger partial charge on any atom is -0.341 e. The number of H-pyrrole nitrogens is 1. The van der Waals surface area contributed by atoms with E-state index < -0.39 is 0 Å². The van der Waals surface area contributed by atoms with Gasteiger partial charge in [-0.3, -0.25) is 5.10 Å². The van der Waals surface area contributed by atoms with Crippen LogP contribution in [0.25, 0.3) is 22.4 Å². The van der Waals surface area contributed by atoms with Gasteiger partial charge in [-0.05, 0) is 25.0 Å². The van der Waals surface area contributed by atoms with E-state index in [1.54, 1.807) is 0 Å². The Morgan fingerprint density at radius 3 is 2.84 bits per heavy atom. The van der Waals surface area contributed by atoms with Crippen molar-refractivity contribution < 1.29 is 0 Å². The monoisotopic (exact) mass is 252 g/mol. The number of para-hydroxylation sites is 1. The first-order valence-corrected chi connectivity index (χ1v) is 6.80. The van der Waals surface area contributed by atoms with Crippen molar-refractivity contribution in [3.05, 3.63) is 36.2 Å². The highest BCUT2D eigenvalue weighted by Crippen LogP contribution is 2.35. The minimum atomic E-state index is 0.593. The Labute approximate surface area is 111 Å². The number of nitrogens with zero attached hydrogens (tertiary/aromatic N) is 3. The van der Waals surface area contributed by atoms with Crippen molar-refractivity contribution in [3.8, 4) is 11.5 Å². The van der Waals surface area contributed by atoms with Crippen molar-refractivity contribution in [2.24, 2.45) is 7.05 Å². The Morgan fingerprint density at radius 2 is 2.11 bits per heavy atom. The lowest BCUT2D eigenvalue weighted by Crippen LogP contribution is -2.10. The minimum absolute atomic E-state index is 0.593. The standard InChI is InChI=1S/C15H16N4/c1-19-12-8-3-2-5-11(12)9-13(19)15-16-14(17-18-15)10-6-4-7-10/h2-3,5,8-10H,4,6-7H2,1H3,(H,16,17,18). The molecular weight excluding hydrogens is 236 g/mol. The van der Waals surface area contributed by atoms with Gasteiger partial charge in [-0.15, -0.1) is 0 Å². The normalized spacial score (nSPS) is 15.8. The van der Waals surface area contributed by atoms with Crippen molar-refractivity contribution in [3.63, 3.8) is 0 Å². The number of nitrogens with one attached hydrogen (secondary N) is 1. The van der Waals surface area contributed by atoms with Crippen molar-refractivity contribution in [2.45, 2.75) is 25.2 Å². The van der Waals surface area contributed by atoms with E-state index in [0.29, 0.717) is 5.92 Å². The molecule has 19 heavy (non-hydrogen) atoms. The van der Waals surface area contributed by atoms with Gasteiger partial charge in [0.05, 0.1) is 5.69 Å². The molecule has 4 nitrogen and oxygen atoms in total. The van der Waals surface area contributed by atoms with E-state index in [-0.39, 0.29) is 0 Å². The fraction of sp³-hybridized carbons (Fsp3) is 0.333. The SMILES string of the molecule is Cn1c(-c2n[nH]c(C3CCC3)n2)cc2ccccc21. The molecule has 0 amide bonds. The maximum atomic E-state index is 4.67. The number of aryl methyl sites for hydroxylation is 1. The van der Waals surface area contributed by atoms with E-state index in [0.717, 1.165) is 17.3 Å². The van der Waals surface area contributed by atoms with Gasteiger partial charge in [0.1, 0.15) is 5.82 Å². The highest BCUT2D eigenvalue weighted by Gasteiger charge is 2.23. The lowest BCUT2D eigenvalue weighted by atomic mass is 9.85. The molecule has 4 heteroatoms. The number of hydrogen-bond acceptors (Lipinski definition) is 2. The lowest BCUT2D eigenvalue weighted by molar-refractivity contribution is 0.402. The molecule has 1 aliphatic carbocycles. The fourth-order valence-electron chi connectivity index (χ4n) is 2.76. The molecule has 0 aliphatic heterocycles. The number of rotatable bonds is 2. The summed E-state index contributed by atoms with van der Waals surface area (Å²) in [5.41, 5.74) is 2.29. The van der Waals surface area contributed by atoms with Gasteiger partial charge in [0.2, 0.25) is 0 Å². The van der Waals surface area contributed by atoms with Crippen molar-refractivity contribution in [2.75, 3.05) is 0 Å². The maximum Gasteiger partial charge on any atom is 0.197 e. The van der Waals surface area contributed by atoms with Gasteiger partial charge in [0.15, 0.2) is 5.82 Å². The second-order valence-corrected chi connectivity index (χ2v) is 5.32. The molecule has 0 unspecified atom stereocenters. The number of fused-ring (bicyclic) bond motifs is 1. The van der Waals surface area contributed by atoms with Gasteiger partial charge in [0.25, 0.3) is 0 Å². The molecule has 1 aromatic carbocycles. The Bertz CT molecular complexity index is 734. The van der Waals surface area contributed by atoms with Crippen LogP contribution in [0, 0.1) is 0 Å². The zero-order valence-electron chi connectivity index (χ0n) is 10.9. The Kier molecular flexibility index (Phi) is 2.24. The molecule has 0 saturated heterocycles. The van der Waals surface area contributed by atoms with Crippen LogP contribution in [-0.2, 0) is 7.05 Å². The quantitative estimate of drug-likeness (QED) is 0.761. The molecule has 2 heterocycles. The first-order valence-electron chi connectivity index (χ1n) is 6.80. The molecule has 3 aromatic rings. The van der Waals surface area contributed by atoms with E-state index in [1.165, 1.54) is 30.2 Å². The fourth-order valence-corrected chi connectivity index (χ4v) is 2.76. The van der Waals surface area contributed by atoms with Gasteiger partial charge in [-0.2, -0.15) is 5.10 Å². The summed E-state index contributed by atoms with van der Waals surface area (Å²) < 4.78 is 2.16. The predicted molar refractivity (Wildman–Crippen MR) is 74.9 cm³/mol. The van der Waals surface area contributed by atoms with Gasteiger partial charge in [0, 0.05) is 23.9 Å². The molecule has 4 rings (SSSR count). The summed E-state index contributed by atoms with van der Waals surface area (Å²) in [6.45, 7) is 0. The molecule has 1 saturated carbocycles. The molecule has 1 N–H and O–H groups in total. The first-order chi connectivity index (χ1) is 9.33. The van der Waals surface area contributed by atoms with Crippen LogP contribution >= 0.6 is 0 Å². The topological polar surface area (TPSA) is 46.5 Å². The summed E-state index contributed by atoms with van der Waals surface area (Å²) in [4.78, 5) is 4.67. The Morgan fingerprint density at radius 1 is 1.26 bits per heavy atom. The third kappa shape index (κ3) is 1.59. The zero-order valence-corrected chi connectivity index (χ0v) is 10.9. The molecule has 0 radical (unpaired) electrons. The van der Waals surface area contributed by atoms with E-state index in [1.807, 2.05) is 0 Å². The molecule has 0 spiro atoms. The molecular formula is C15H16N4. The Hall–Kier alpha value is -2.10.